The highest BCUT2D eigenvalue weighted by atomic mass is 16.5. The van der Waals surface area contributed by atoms with Crippen LogP contribution in [0.4, 0.5) is 5.69 Å². The molecule has 0 fully saturated rings. The fourth-order valence-corrected chi connectivity index (χ4v) is 2.41. The Kier molecular flexibility index (Phi) is 4.93. The van der Waals surface area contributed by atoms with Gasteiger partial charge in [0.2, 0.25) is 0 Å². The monoisotopic (exact) mass is 263 g/mol. The summed E-state index contributed by atoms with van der Waals surface area (Å²) >= 11 is 0. The number of rotatable bonds is 5. The van der Waals surface area contributed by atoms with Gasteiger partial charge in [-0.05, 0) is 24.0 Å². The Labute approximate surface area is 114 Å². The molecule has 1 aliphatic rings. The highest BCUT2D eigenvalue weighted by Crippen LogP contribution is 2.29. The maximum absolute atomic E-state index is 12.2. The molecule has 0 saturated carbocycles. The predicted molar refractivity (Wildman–Crippen MR) is 74.4 cm³/mol. The van der Waals surface area contributed by atoms with Crippen molar-refractivity contribution in [1.82, 2.24) is 0 Å². The van der Waals surface area contributed by atoms with Crippen LogP contribution < -0.4 is 4.90 Å². The summed E-state index contributed by atoms with van der Waals surface area (Å²) in [6.45, 7) is 4.02. The lowest BCUT2D eigenvalue weighted by atomic mass is 9.94. The largest absolute Gasteiger partial charge is 0.382 e. The first-order chi connectivity index (χ1) is 9.22. The van der Waals surface area contributed by atoms with E-state index in [2.05, 4.69) is 13.0 Å². The number of ether oxygens (including phenoxy) is 2. The van der Waals surface area contributed by atoms with Crippen molar-refractivity contribution in [3.05, 3.63) is 29.8 Å². The van der Waals surface area contributed by atoms with Crippen LogP contribution in [0, 0.1) is 5.92 Å². The molecule has 0 N–H and O–H groups in total. The van der Waals surface area contributed by atoms with E-state index in [0.717, 1.165) is 18.7 Å². The molecule has 0 aromatic heterocycles. The van der Waals surface area contributed by atoms with E-state index in [0.29, 0.717) is 19.1 Å². The fraction of sp³-hybridized carbons (Fsp3) is 0.533. The summed E-state index contributed by atoms with van der Waals surface area (Å²) in [5, 5.41) is 0. The van der Waals surface area contributed by atoms with Gasteiger partial charge >= 0.3 is 0 Å². The van der Waals surface area contributed by atoms with Gasteiger partial charge < -0.3 is 14.4 Å². The number of anilines is 1. The molecule has 4 heteroatoms. The van der Waals surface area contributed by atoms with Gasteiger partial charge in [-0.25, -0.2) is 0 Å². The van der Waals surface area contributed by atoms with Gasteiger partial charge in [-0.3, -0.25) is 4.79 Å². The van der Waals surface area contributed by atoms with Crippen LogP contribution in [0.5, 0.6) is 0 Å². The second-order valence-electron chi connectivity index (χ2n) is 4.99. The van der Waals surface area contributed by atoms with E-state index < -0.39 is 0 Å². The molecule has 1 heterocycles. The predicted octanol–water partition coefficient (Wildman–Crippen LogP) is 1.87. The van der Waals surface area contributed by atoms with E-state index in [1.807, 2.05) is 23.1 Å². The van der Waals surface area contributed by atoms with Crippen molar-refractivity contribution < 1.29 is 14.3 Å². The van der Waals surface area contributed by atoms with Gasteiger partial charge in [0.25, 0.3) is 5.91 Å². The summed E-state index contributed by atoms with van der Waals surface area (Å²) in [5.74, 6) is 0.507. The maximum Gasteiger partial charge on any atom is 0.252 e. The molecule has 0 spiro atoms. The van der Waals surface area contributed by atoms with Gasteiger partial charge in [-0.1, -0.05) is 25.1 Å². The minimum absolute atomic E-state index is 0.0232. The standard InChI is InChI=1S/C15H21NO3/c1-12-9-13-5-3-4-6-14(13)16(10-12)15(17)11-19-8-7-18-2/h3-6,12H,7-11H2,1-2H3. The zero-order chi connectivity index (χ0) is 13.7. The van der Waals surface area contributed by atoms with Crippen LogP contribution in [0.1, 0.15) is 12.5 Å². The molecule has 0 aliphatic carbocycles. The second kappa shape index (κ2) is 6.68. The average molecular weight is 263 g/mol. The number of carbonyl (C=O) groups excluding carboxylic acids is 1. The zero-order valence-electron chi connectivity index (χ0n) is 11.6. The van der Waals surface area contributed by atoms with Crippen molar-refractivity contribution in [2.45, 2.75) is 13.3 Å². The molecule has 1 unspecified atom stereocenters. The van der Waals surface area contributed by atoms with E-state index in [1.54, 1.807) is 7.11 Å². The SMILES string of the molecule is COCCOCC(=O)N1CC(C)Cc2ccccc21. The summed E-state index contributed by atoms with van der Waals surface area (Å²) in [6, 6.07) is 8.10. The van der Waals surface area contributed by atoms with Crippen molar-refractivity contribution in [3.63, 3.8) is 0 Å². The number of hydrogen-bond acceptors (Lipinski definition) is 3. The third kappa shape index (κ3) is 3.55. The molecule has 1 aliphatic heterocycles. The van der Waals surface area contributed by atoms with Crippen LogP contribution in [-0.4, -0.2) is 39.4 Å². The van der Waals surface area contributed by atoms with Gasteiger partial charge in [0, 0.05) is 19.3 Å². The van der Waals surface area contributed by atoms with E-state index >= 15 is 0 Å². The topological polar surface area (TPSA) is 38.8 Å². The van der Waals surface area contributed by atoms with Gasteiger partial charge in [-0.2, -0.15) is 0 Å². The number of fused-ring (bicyclic) bond motifs is 1. The Morgan fingerprint density at radius 1 is 1.37 bits per heavy atom. The number of carbonyl (C=O) groups is 1. The maximum atomic E-state index is 12.2. The number of para-hydroxylation sites is 1. The molecule has 0 radical (unpaired) electrons. The average Bonchev–Trinajstić information content (AvgIpc) is 2.42. The van der Waals surface area contributed by atoms with E-state index in [4.69, 9.17) is 9.47 Å². The number of amides is 1. The van der Waals surface area contributed by atoms with Crippen molar-refractivity contribution in [2.24, 2.45) is 5.92 Å². The smallest absolute Gasteiger partial charge is 0.252 e. The Balaban J connectivity index is 2.01. The lowest BCUT2D eigenvalue weighted by Gasteiger charge is -2.33. The van der Waals surface area contributed by atoms with E-state index in [1.165, 1.54) is 5.56 Å². The van der Waals surface area contributed by atoms with Crippen LogP contribution >= 0.6 is 0 Å². The van der Waals surface area contributed by atoms with Crippen LogP contribution in [-0.2, 0) is 20.7 Å². The molecular weight excluding hydrogens is 242 g/mol. The molecular formula is C15H21NO3. The Morgan fingerprint density at radius 2 is 2.16 bits per heavy atom. The minimum atomic E-state index is 0.0232. The highest BCUT2D eigenvalue weighted by Gasteiger charge is 2.25. The minimum Gasteiger partial charge on any atom is -0.382 e. The van der Waals surface area contributed by atoms with E-state index in [9.17, 15) is 4.79 Å². The van der Waals surface area contributed by atoms with Crippen molar-refractivity contribution in [2.75, 3.05) is 38.4 Å². The lowest BCUT2D eigenvalue weighted by molar-refractivity contribution is -0.123. The number of nitrogens with zero attached hydrogens (tertiary/aromatic N) is 1. The first-order valence-corrected chi connectivity index (χ1v) is 6.67. The van der Waals surface area contributed by atoms with Gasteiger partial charge in [-0.15, -0.1) is 0 Å². The summed E-state index contributed by atoms with van der Waals surface area (Å²) < 4.78 is 10.2. The molecule has 19 heavy (non-hydrogen) atoms. The summed E-state index contributed by atoms with van der Waals surface area (Å²) in [4.78, 5) is 14.1. The molecule has 1 amide bonds. The van der Waals surface area contributed by atoms with Crippen molar-refractivity contribution in [3.8, 4) is 0 Å². The Hall–Kier alpha value is -1.39. The zero-order valence-corrected chi connectivity index (χ0v) is 11.6. The molecule has 1 aromatic rings. The quantitative estimate of drug-likeness (QED) is 0.761. The van der Waals surface area contributed by atoms with Crippen molar-refractivity contribution >= 4 is 11.6 Å². The van der Waals surface area contributed by atoms with Crippen LogP contribution in [0.2, 0.25) is 0 Å². The van der Waals surface area contributed by atoms with E-state index in [-0.39, 0.29) is 12.5 Å². The number of hydrogen-bond donors (Lipinski definition) is 0. The van der Waals surface area contributed by atoms with Gasteiger partial charge in [0.15, 0.2) is 0 Å². The second-order valence-corrected chi connectivity index (χ2v) is 4.99. The van der Waals surface area contributed by atoms with Crippen LogP contribution in [0.25, 0.3) is 0 Å². The highest BCUT2D eigenvalue weighted by molar-refractivity contribution is 5.95. The third-order valence-electron chi connectivity index (χ3n) is 3.30. The molecule has 4 nitrogen and oxygen atoms in total. The Morgan fingerprint density at radius 3 is 2.95 bits per heavy atom. The fourth-order valence-electron chi connectivity index (χ4n) is 2.41. The number of benzene rings is 1. The van der Waals surface area contributed by atoms with Crippen LogP contribution in [0.3, 0.4) is 0 Å². The summed E-state index contributed by atoms with van der Waals surface area (Å²) in [6.07, 6.45) is 1.03. The normalized spacial score (nSPS) is 18.2. The Bertz CT molecular complexity index is 433. The first kappa shape index (κ1) is 14.0. The van der Waals surface area contributed by atoms with Crippen molar-refractivity contribution in [1.29, 1.82) is 0 Å². The molecule has 2 rings (SSSR count). The summed E-state index contributed by atoms with van der Waals surface area (Å²) in [5.41, 5.74) is 2.27. The van der Waals surface area contributed by atoms with Gasteiger partial charge in [0.05, 0.1) is 13.2 Å². The first-order valence-electron chi connectivity index (χ1n) is 6.67. The molecule has 0 saturated heterocycles. The molecule has 1 aromatic carbocycles. The molecule has 104 valence electrons. The summed E-state index contributed by atoms with van der Waals surface area (Å²) in [7, 11) is 1.62. The lowest BCUT2D eigenvalue weighted by Crippen LogP contribution is -2.41. The molecule has 0 bridgehead atoms. The van der Waals surface area contributed by atoms with Gasteiger partial charge in [0.1, 0.15) is 6.61 Å². The number of methoxy groups -OCH3 is 1. The van der Waals surface area contributed by atoms with Crippen LogP contribution in [0.15, 0.2) is 24.3 Å². The molecule has 1 atom stereocenters. The third-order valence-corrected chi connectivity index (χ3v) is 3.30.